The molecule has 0 aliphatic heterocycles. The Kier molecular flexibility index (Phi) is 8.38. The van der Waals surface area contributed by atoms with E-state index in [0.29, 0.717) is 22.2 Å². The fourth-order valence-electron chi connectivity index (χ4n) is 3.77. The fraction of sp³-hybridized carbons (Fsp3) is 0.154. The summed E-state index contributed by atoms with van der Waals surface area (Å²) < 4.78 is 13.7. The number of allylic oxidation sites excluding steroid dienone is 1. The van der Waals surface area contributed by atoms with Crippen molar-refractivity contribution in [3.63, 3.8) is 0 Å². The number of carboxylic acids is 1. The first-order valence-electron chi connectivity index (χ1n) is 10.3. The van der Waals surface area contributed by atoms with Gasteiger partial charge in [-0.2, -0.15) is 8.75 Å². The number of nitrogens with zero attached hydrogens (tertiary/aromatic N) is 2. The molecule has 1 heterocycles. The minimum Gasteiger partial charge on any atom is -0.545 e. The first kappa shape index (κ1) is 25.8. The molecule has 166 valence electrons. The molecule has 0 aliphatic carbocycles. The number of ether oxygens (including phenoxy) is 1. The summed E-state index contributed by atoms with van der Waals surface area (Å²) in [5.74, 6) is -1.06. The minimum atomic E-state index is -1.42. The third-order valence-corrected chi connectivity index (χ3v) is 6.03. The number of carbonyl (C=O) groups is 2. The zero-order chi connectivity index (χ0) is 23.5. The molecule has 0 bridgehead atoms. The van der Waals surface area contributed by atoms with Crippen molar-refractivity contribution in [2.45, 2.75) is 20.3 Å². The number of aliphatic carboxylic acids is 1. The standard InChI is InChI=1S/C26H22N2O4S.Na/c1-15-4-7-18(8-5-15)25(29)20(13-17-6-11-23(32-3)16(2)12-17)24(26(30)31)19-9-10-21-22(14-19)28-33-27-21;/h4-12,14H,13H2,1-3H3,(H,30,31);/q;+1/p-1/b24-20+;. The maximum Gasteiger partial charge on any atom is 1.00 e. The van der Waals surface area contributed by atoms with Crippen molar-refractivity contribution < 1.29 is 49.0 Å². The van der Waals surface area contributed by atoms with E-state index in [1.54, 1.807) is 37.4 Å². The molecule has 0 saturated carbocycles. The Morgan fingerprint density at radius 1 is 0.912 bits per heavy atom. The van der Waals surface area contributed by atoms with Crippen molar-refractivity contribution in [2.24, 2.45) is 0 Å². The van der Waals surface area contributed by atoms with Crippen LogP contribution in [0.15, 0.2) is 66.2 Å². The number of methoxy groups -OCH3 is 1. The molecule has 8 heteroatoms. The molecule has 3 aromatic carbocycles. The van der Waals surface area contributed by atoms with Crippen molar-refractivity contribution in [3.05, 3.63) is 94.1 Å². The average Bonchev–Trinajstić information content (AvgIpc) is 3.27. The van der Waals surface area contributed by atoms with Gasteiger partial charge in [0.15, 0.2) is 5.78 Å². The SMILES string of the molecule is COc1ccc(C/C(C(=O)c2ccc(C)cc2)=C(\C(=O)[O-])c2ccc3nsnc3c2)cc1C.[Na+]. The van der Waals surface area contributed by atoms with E-state index in [1.807, 2.05) is 44.2 Å². The number of fused-ring (bicyclic) bond motifs is 1. The predicted octanol–water partition coefficient (Wildman–Crippen LogP) is 0.950. The monoisotopic (exact) mass is 480 g/mol. The van der Waals surface area contributed by atoms with E-state index in [-0.39, 0.29) is 52.9 Å². The average molecular weight is 481 g/mol. The Balaban J connectivity index is 0.00000324. The van der Waals surface area contributed by atoms with Gasteiger partial charge < -0.3 is 14.6 Å². The molecule has 0 amide bonds. The molecule has 0 N–H and O–H groups in total. The van der Waals surface area contributed by atoms with E-state index in [0.717, 1.165) is 34.2 Å². The number of Topliss-reactive ketones (excluding diaryl/α,β-unsaturated/α-hetero) is 1. The quantitative estimate of drug-likeness (QED) is 0.222. The molecule has 0 fully saturated rings. The minimum absolute atomic E-state index is 0. The van der Waals surface area contributed by atoms with Crippen molar-refractivity contribution in [1.82, 2.24) is 8.75 Å². The Morgan fingerprint density at radius 3 is 2.24 bits per heavy atom. The largest absolute Gasteiger partial charge is 1.00 e. The molecule has 0 saturated heterocycles. The maximum atomic E-state index is 13.6. The van der Waals surface area contributed by atoms with Crippen molar-refractivity contribution in [1.29, 1.82) is 0 Å². The zero-order valence-corrected chi connectivity index (χ0v) is 22.2. The Labute approximate surface area is 223 Å². The first-order valence-corrected chi connectivity index (χ1v) is 11.0. The van der Waals surface area contributed by atoms with Gasteiger partial charge in [-0.3, -0.25) is 4.79 Å². The van der Waals surface area contributed by atoms with Gasteiger partial charge in [-0.25, -0.2) is 0 Å². The summed E-state index contributed by atoms with van der Waals surface area (Å²) in [4.78, 5) is 26.0. The first-order chi connectivity index (χ1) is 15.9. The van der Waals surface area contributed by atoms with Crippen LogP contribution in [0.3, 0.4) is 0 Å². The number of rotatable bonds is 7. The molecule has 0 radical (unpaired) electrons. The molecule has 4 rings (SSSR count). The van der Waals surface area contributed by atoms with Crippen LogP contribution in [0, 0.1) is 13.8 Å². The zero-order valence-electron chi connectivity index (χ0n) is 19.4. The van der Waals surface area contributed by atoms with E-state index < -0.39 is 5.97 Å². The molecule has 4 aromatic rings. The number of carbonyl (C=O) groups excluding carboxylic acids is 2. The molecule has 1 aromatic heterocycles. The van der Waals surface area contributed by atoms with Gasteiger partial charge in [0.05, 0.1) is 24.8 Å². The third kappa shape index (κ3) is 5.45. The predicted molar refractivity (Wildman–Crippen MR) is 126 cm³/mol. The van der Waals surface area contributed by atoms with Crippen LogP contribution in [-0.2, 0) is 11.2 Å². The molecule has 0 spiro atoms. The van der Waals surface area contributed by atoms with Crippen LogP contribution in [0.2, 0.25) is 0 Å². The van der Waals surface area contributed by atoms with Crippen LogP contribution in [-0.4, -0.2) is 27.6 Å². The van der Waals surface area contributed by atoms with Crippen LogP contribution in [0.1, 0.15) is 32.6 Å². The van der Waals surface area contributed by atoms with Gasteiger partial charge in [0.2, 0.25) is 0 Å². The Bertz CT molecular complexity index is 1390. The Hall–Kier alpha value is -2.84. The van der Waals surface area contributed by atoms with E-state index in [4.69, 9.17) is 4.74 Å². The van der Waals surface area contributed by atoms with Gasteiger partial charge in [0, 0.05) is 23.1 Å². The number of ketones is 1. The topological polar surface area (TPSA) is 92.2 Å². The maximum absolute atomic E-state index is 13.6. The fourth-order valence-corrected chi connectivity index (χ4v) is 4.29. The summed E-state index contributed by atoms with van der Waals surface area (Å²) in [6.07, 6.45) is 0.119. The summed E-state index contributed by atoms with van der Waals surface area (Å²) in [7, 11) is 1.59. The van der Waals surface area contributed by atoms with Gasteiger partial charge in [-0.1, -0.05) is 48.0 Å². The number of aromatic nitrogens is 2. The molecule has 6 nitrogen and oxygen atoms in total. The summed E-state index contributed by atoms with van der Waals surface area (Å²) in [6.45, 7) is 3.82. The van der Waals surface area contributed by atoms with Crippen LogP contribution < -0.4 is 39.4 Å². The molecule has 34 heavy (non-hydrogen) atoms. The molecule has 0 atom stereocenters. The van der Waals surface area contributed by atoms with Crippen molar-refractivity contribution in [2.75, 3.05) is 7.11 Å². The summed E-state index contributed by atoms with van der Waals surface area (Å²) in [6, 6.07) is 17.6. The summed E-state index contributed by atoms with van der Waals surface area (Å²) in [5.41, 5.74) is 4.68. The van der Waals surface area contributed by atoms with E-state index in [2.05, 4.69) is 8.75 Å². The number of hydrogen-bond donors (Lipinski definition) is 0. The smallest absolute Gasteiger partial charge is 0.545 e. The number of hydrogen-bond acceptors (Lipinski definition) is 7. The summed E-state index contributed by atoms with van der Waals surface area (Å²) in [5, 5.41) is 12.4. The van der Waals surface area contributed by atoms with Crippen LogP contribution in [0.25, 0.3) is 16.6 Å². The second kappa shape index (κ2) is 11.1. The molecule has 0 aliphatic rings. The number of aryl methyl sites for hydroxylation is 2. The van der Waals surface area contributed by atoms with E-state index in [9.17, 15) is 14.7 Å². The molecular weight excluding hydrogens is 459 g/mol. The third-order valence-electron chi connectivity index (χ3n) is 5.48. The number of benzene rings is 3. The summed E-state index contributed by atoms with van der Waals surface area (Å²) >= 11 is 1.04. The van der Waals surface area contributed by atoms with Crippen molar-refractivity contribution in [3.8, 4) is 5.75 Å². The normalized spacial score (nSPS) is 11.5. The van der Waals surface area contributed by atoms with Crippen LogP contribution >= 0.6 is 11.7 Å². The van der Waals surface area contributed by atoms with Gasteiger partial charge in [-0.15, -0.1) is 0 Å². The van der Waals surface area contributed by atoms with Crippen LogP contribution in [0.5, 0.6) is 5.75 Å². The molecule has 0 unspecified atom stereocenters. The second-order valence-corrected chi connectivity index (χ2v) is 8.31. The van der Waals surface area contributed by atoms with Gasteiger partial charge >= 0.3 is 29.6 Å². The van der Waals surface area contributed by atoms with Gasteiger partial charge in [0.1, 0.15) is 16.8 Å². The Morgan fingerprint density at radius 2 is 1.59 bits per heavy atom. The van der Waals surface area contributed by atoms with Crippen LogP contribution in [0.4, 0.5) is 0 Å². The number of carboxylic acid groups (broad SMARTS) is 1. The van der Waals surface area contributed by atoms with E-state index in [1.165, 1.54) is 0 Å². The van der Waals surface area contributed by atoms with E-state index >= 15 is 0 Å². The van der Waals surface area contributed by atoms with Crippen molar-refractivity contribution >= 4 is 40.1 Å². The van der Waals surface area contributed by atoms with Gasteiger partial charge in [0.25, 0.3) is 0 Å². The molecular formula is C26H21N2NaO4S. The van der Waals surface area contributed by atoms with Gasteiger partial charge in [-0.05, 0) is 48.7 Å². The second-order valence-electron chi connectivity index (χ2n) is 7.78.